The van der Waals surface area contributed by atoms with Gasteiger partial charge in [-0.3, -0.25) is 0 Å². The van der Waals surface area contributed by atoms with Gasteiger partial charge in [-0.05, 0) is 46.9 Å². The van der Waals surface area contributed by atoms with Crippen LogP contribution in [0.4, 0.5) is 5.69 Å². The lowest BCUT2D eigenvalue weighted by Crippen LogP contribution is -2.39. The molecule has 0 bridgehead atoms. The molecule has 0 heterocycles. The van der Waals surface area contributed by atoms with Gasteiger partial charge in [-0.15, -0.1) is 0 Å². The fourth-order valence-electron chi connectivity index (χ4n) is 0.484. The summed E-state index contributed by atoms with van der Waals surface area (Å²) in [7, 11) is 0. The summed E-state index contributed by atoms with van der Waals surface area (Å²) in [5.41, 5.74) is 4.83. The standard InChI is InChI=1S/C6H6IN/c7-5-1-3-6(8)4-2-5/h1-4H,8H2/p+1. The van der Waals surface area contributed by atoms with Gasteiger partial charge in [0.1, 0.15) is 5.69 Å². The highest BCUT2D eigenvalue weighted by atomic mass is 127. The molecule has 8 heavy (non-hydrogen) atoms. The second kappa shape index (κ2) is 2.46. The van der Waals surface area contributed by atoms with Crippen LogP contribution in [0.15, 0.2) is 24.3 Å². The van der Waals surface area contributed by atoms with E-state index < -0.39 is 0 Å². The first-order chi connectivity index (χ1) is 3.79. The molecule has 0 aliphatic heterocycles. The van der Waals surface area contributed by atoms with E-state index in [1.165, 1.54) is 3.57 Å². The number of hydrogen-bond donors (Lipinski definition) is 1. The van der Waals surface area contributed by atoms with E-state index in [9.17, 15) is 0 Å². The van der Waals surface area contributed by atoms with Gasteiger partial charge in [-0.1, -0.05) is 0 Å². The monoisotopic (exact) mass is 220 g/mol. The zero-order valence-electron chi connectivity index (χ0n) is 4.39. The third-order valence-corrected chi connectivity index (χ3v) is 1.63. The van der Waals surface area contributed by atoms with Crippen molar-refractivity contribution in [3.63, 3.8) is 0 Å². The minimum absolute atomic E-state index is 1.07. The predicted molar refractivity (Wildman–Crippen MR) is 41.7 cm³/mol. The molecular weight excluding hydrogens is 213 g/mol. The van der Waals surface area contributed by atoms with E-state index in [1.807, 2.05) is 24.3 Å². The van der Waals surface area contributed by atoms with E-state index >= 15 is 0 Å². The molecule has 1 aromatic rings. The summed E-state index contributed by atoms with van der Waals surface area (Å²) < 4.78 is 1.26. The molecule has 0 spiro atoms. The molecule has 2 heteroatoms. The first-order valence-electron chi connectivity index (χ1n) is 2.36. The van der Waals surface area contributed by atoms with E-state index in [2.05, 4.69) is 28.3 Å². The van der Waals surface area contributed by atoms with Crippen LogP contribution in [0.5, 0.6) is 0 Å². The van der Waals surface area contributed by atoms with Crippen LogP contribution in [-0.2, 0) is 0 Å². The molecule has 0 saturated carbocycles. The van der Waals surface area contributed by atoms with Gasteiger partial charge in [0.05, 0.1) is 0 Å². The lowest BCUT2D eigenvalue weighted by molar-refractivity contribution is -0.254. The summed E-state index contributed by atoms with van der Waals surface area (Å²) in [5, 5.41) is 0. The van der Waals surface area contributed by atoms with Crippen LogP contribution in [0.2, 0.25) is 0 Å². The van der Waals surface area contributed by atoms with Crippen molar-refractivity contribution in [3.8, 4) is 0 Å². The minimum atomic E-state index is 1.07. The van der Waals surface area contributed by atoms with Crippen LogP contribution >= 0.6 is 22.6 Å². The number of hydrogen-bond acceptors (Lipinski definition) is 0. The van der Waals surface area contributed by atoms with Crippen molar-refractivity contribution in [2.45, 2.75) is 0 Å². The zero-order valence-corrected chi connectivity index (χ0v) is 6.55. The van der Waals surface area contributed by atoms with Crippen molar-refractivity contribution in [1.82, 2.24) is 0 Å². The van der Waals surface area contributed by atoms with E-state index in [0.29, 0.717) is 0 Å². The Morgan fingerprint density at radius 1 is 1.12 bits per heavy atom. The van der Waals surface area contributed by atoms with E-state index in [4.69, 9.17) is 0 Å². The van der Waals surface area contributed by atoms with Crippen molar-refractivity contribution < 1.29 is 5.73 Å². The summed E-state index contributed by atoms with van der Waals surface area (Å²) in [4.78, 5) is 0. The fraction of sp³-hybridized carbons (Fsp3) is 0. The summed E-state index contributed by atoms with van der Waals surface area (Å²) in [6.07, 6.45) is 0. The van der Waals surface area contributed by atoms with Crippen molar-refractivity contribution in [3.05, 3.63) is 27.8 Å². The topological polar surface area (TPSA) is 27.6 Å². The Morgan fingerprint density at radius 3 is 2.00 bits per heavy atom. The Hall–Kier alpha value is -0.0900. The highest BCUT2D eigenvalue weighted by Crippen LogP contribution is 2.05. The molecule has 0 atom stereocenters. The molecule has 1 rings (SSSR count). The summed E-state index contributed by atoms with van der Waals surface area (Å²) >= 11 is 2.27. The van der Waals surface area contributed by atoms with E-state index in [1.54, 1.807) is 0 Å². The van der Waals surface area contributed by atoms with E-state index in [-0.39, 0.29) is 0 Å². The minimum Gasteiger partial charge on any atom is -0.325 e. The molecule has 0 radical (unpaired) electrons. The van der Waals surface area contributed by atoms with Crippen LogP contribution < -0.4 is 5.73 Å². The lowest BCUT2D eigenvalue weighted by atomic mass is 10.3. The Labute approximate surface area is 62.0 Å². The molecule has 0 saturated heterocycles. The van der Waals surface area contributed by atoms with Crippen LogP contribution in [0.25, 0.3) is 0 Å². The van der Waals surface area contributed by atoms with Gasteiger partial charge in [0.15, 0.2) is 0 Å². The Bertz CT molecular complexity index is 147. The van der Waals surface area contributed by atoms with Crippen LogP contribution in [0.1, 0.15) is 0 Å². The number of rotatable bonds is 0. The van der Waals surface area contributed by atoms with Crippen molar-refractivity contribution >= 4 is 28.3 Å². The van der Waals surface area contributed by atoms with Crippen molar-refractivity contribution in [2.75, 3.05) is 0 Å². The first kappa shape index (κ1) is 6.04. The maximum atomic E-state index is 3.76. The molecule has 0 aliphatic rings. The highest BCUT2D eigenvalue weighted by molar-refractivity contribution is 14.1. The summed E-state index contributed by atoms with van der Waals surface area (Å²) in [6, 6.07) is 8.09. The number of halogens is 1. The molecule has 42 valence electrons. The van der Waals surface area contributed by atoms with Gasteiger partial charge < -0.3 is 5.73 Å². The quantitative estimate of drug-likeness (QED) is 0.635. The molecular formula is C6H7IN+. The number of quaternary nitrogens is 1. The van der Waals surface area contributed by atoms with Gasteiger partial charge in [0, 0.05) is 3.57 Å². The molecule has 1 aromatic carbocycles. The fourth-order valence-corrected chi connectivity index (χ4v) is 0.844. The van der Waals surface area contributed by atoms with Gasteiger partial charge in [-0.2, -0.15) is 0 Å². The van der Waals surface area contributed by atoms with Crippen LogP contribution in [0, 0.1) is 3.57 Å². The second-order valence-electron chi connectivity index (χ2n) is 1.63. The molecule has 0 amide bonds. The molecule has 0 aliphatic carbocycles. The van der Waals surface area contributed by atoms with E-state index in [0.717, 1.165) is 5.69 Å². The SMILES string of the molecule is [NH3+]c1ccc(I)cc1. The molecule has 1 nitrogen and oxygen atoms in total. The molecule has 0 aromatic heterocycles. The third kappa shape index (κ3) is 1.45. The molecule has 0 fully saturated rings. The van der Waals surface area contributed by atoms with Crippen LogP contribution in [0.3, 0.4) is 0 Å². The summed E-state index contributed by atoms with van der Waals surface area (Å²) in [5.74, 6) is 0. The smallest absolute Gasteiger partial charge is 0.127 e. The normalized spacial score (nSPS) is 9.25. The molecule has 0 unspecified atom stereocenters. The lowest BCUT2D eigenvalue weighted by Gasteiger charge is -1.85. The Balaban J connectivity index is 3.03. The van der Waals surface area contributed by atoms with Gasteiger partial charge in [0.2, 0.25) is 0 Å². The third-order valence-electron chi connectivity index (χ3n) is 0.913. The zero-order chi connectivity index (χ0) is 5.98. The van der Waals surface area contributed by atoms with Crippen molar-refractivity contribution in [2.24, 2.45) is 0 Å². The second-order valence-corrected chi connectivity index (χ2v) is 2.87. The Morgan fingerprint density at radius 2 is 1.62 bits per heavy atom. The number of benzene rings is 1. The largest absolute Gasteiger partial charge is 0.325 e. The highest BCUT2D eigenvalue weighted by Gasteiger charge is 1.85. The molecule has 3 N–H and O–H groups in total. The van der Waals surface area contributed by atoms with Gasteiger partial charge in [-0.25, -0.2) is 0 Å². The van der Waals surface area contributed by atoms with Crippen molar-refractivity contribution in [1.29, 1.82) is 0 Å². The van der Waals surface area contributed by atoms with Gasteiger partial charge >= 0.3 is 0 Å². The van der Waals surface area contributed by atoms with Crippen LogP contribution in [-0.4, -0.2) is 0 Å². The Kier molecular flexibility index (Phi) is 1.85. The average Bonchev–Trinajstić information content (AvgIpc) is 1.77. The van der Waals surface area contributed by atoms with Gasteiger partial charge in [0.25, 0.3) is 0 Å². The predicted octanol–water partition coefficient (Wildman–Crippen LogP) is 1.16. The summed E-state index contributed by atoms with van der Waals surface area (Å²) in [6.45, 7) is 0. The average molecular weight is 220 g/mol. The maximum absolute atomic E-state index is 3.76. The first-order valence-corrected chi connectivity index (χ1v) is 3.44. The maximum Gasteiger partial charge on any atom is 0.127 e.